The largest absolute Gasteiger partial charge is 0.418 e. The van der Waals surface area contributed by atoms with Crippen LogP contribution in [-0.4, -0.2) is 46.9 Å². The van der Waals surface area contributed by atoms with Gasteiger partial charge in [0.25, 0.3) is 0 Å². The zero-order chi connectivity index (χ0) is 21.0. The first kappa shape index (κ1) is 21.4. The number of thioether (sulfide) groups is 1. The Kier molecular flexibility index (Phi) is 6.63. The van der Waals surface area contributed by atoms with E-state index < -0.39 is 17.6 Å². The van der Waals surface area contributed by atoms with Gasteiger partial charge in [-0.2, -0.15) is 13.2 Å². The van der Waals surface area contributed by atoms with Gasteiger partial charge in [0.1, 0.15) is 17.2 Å². The van der Waals surface area contributed by atoms with Gasteiger partial charge < -0.3 is 15.0 Å². The van der Waals surface area contributed by atoms with Crippen molar-refractivity contribution in [1.29, 1.82) is 0 Å². The predicted molar refractivity (Wildman–Crippen MR) is 105 cm³/mol. The summed E-state index contributed by atoms with van der Waals surface area (Å²) < 4.78 is 44.8. The van der Waals surface area contributed by atoms with Crippen LogP contribution in [0.5, 0.6) is 0 Å². The first-order chi connectivity index (χ1) is 13.7. The highest BCUT2D eigenvalue weighted by atomic mass is 32.2. The van der Waals surface area contributed by atoms with Crippen molar-refractivity contribution in [2.24, 2.45) is 0 Å². The standard InChI is InChI=1S/C19H21F3N4O2S/c1-12-8-26(9-13(2)28-12)16-7-18(24-11-23-16)29-10-17(27)25-15-6-4-3-5-14(15)19(20,21)22/h3-7,11-13H,8-10H2,1-2H3,(H,25,27). The fraction of sp³-hybridized carbons (Fsp3) is 0.421. The highest BCUT2D eigenvalue weighted by Crippen LogP contribution is 2.34. The Hall–Kier alpha value is -2.33. The van der Waals surface area contributed by atoms with Gasteiger partial charge in [-0.3, -0.25) is 4.79 Å². The van der Waals surface area contributed by atoms with Crippen LogP contribution in [0.2, 0.25) is 0 Å². The Morgan fingerprint density at radius 1 is 1.24 bits per heavy atom. The molecule has 2 unspecified atom stereocenters. The summed E-state index contributed by atoms with van der Waals surface area (Å²) in [5.41, 5.74) is -1.14. The molecule has 1 amide bonds. The van der Waals surface area contributed by atoms with Crippen molar-refractivity contribution in [2.45, 2.75) is 37.3 Å². The number of hydrogen-bond donors (Lipinski definition) is 1. The van der Waals surface area contributed by atoms with Gasteiger partial charge >= 0.3 is 6.18 Å². The fourth-order valence-corrected chi connectivity index (χ4v) is 3.77. The molecule has 1 saturated heterocycles. The maximum absolute atomic E-state index is 13.0. The SMILES string of the molecule is CC1CN(c2cc(SCC(=O)Nc3ccccc3C(F)(F)F)ncn2)CC(C)O1. The number of anilines is 2. The van der Waals surface area contributed by atoms with E-state index in [4.69, 9.17) is 4.74 Å². The third kappa shape index (κ3) is 5.83. The van der Waals surface area contributed by atoms with Gasteiger partial charge in [0.15, 0.2) is 0 Å². The normalized spacial score (nSPS) is 19.8. The summed E-state index contributed by atoms with van der Waals surface area (Å²) in [6.07, 6.45) is -2.97. The lowest BCUT2D eigenvalue weighted by Crippen LogP contribution is -2.45. The molecule has 3 rings (SSSR count). The summed E-state index contributed by atoms with van der Waals surface area (Å²) in [4.78, 5) is 22.7. The molecule has 0 saturated carbocycles. The molecule has 1 aromatic heterocycles. The van der Waals surface area contributed by atoms with E-state index in [2.05, 4.69) is 20.2 Å². The van der Waals surface area contributed by atoms with Crippen molar-refractivity contribution in [3.8, 4) is 0 Å². The van der Waals surface area contributed by atoms with Gasteiger partial charge in [0.05, 0.1) is 29.2 Å². The van der Waals surface area contributed by atoms with E-state index in [1.807, 2.05) is 13.8 Å². The lowest BCUT2D eigenvalue weighted by molar-refractivity contribution is -0.137. The minimum Gasteiger partial charge on any atom is -0.372 e. The number of halogens is 3. The monoisotopic (exact) mass is 426 g/mol. The van der Waals surface area contributed by atoms with E-state index in [-0.39, 0.29) is 23.6 Å². The Morgan fingerprint density at radius 2 is 1.93 bits per heavy atom. The van der Waals surface area contributed by atoms with E-state index in [9.17, 15) is 18.0 Å². The zero-order valence-electron chi connectivity index (χ0n) is 15.9. The lowest BCUT2D eigenvalue weighted by atomic mass is 10.1. The second kappa shape index (κ2) is 9.00. The minimum absolute atomic E-state index is 0.0709. The number of para-hydroxylation sites is 1. The van der Waals surface area contributed by atoms with Crippen molar-refractivity contribution in [2.75, 3.05) is 29.1 Å². The molecule has 2 atom stereocenters. The predicted octanol–water partition coefficient (Wildman–Crippen LogP) is 3.84. The van der Waals surface area contributed by atoms with Crippen LogP contribution < -0.4 is 10.2 Å². The molecular formula is C19H21F3N4O2S. The number of alkyl halides is 3. The van der Waals surface area contributed by atoms with Crippen LogP contribution in [0.4, 0.5) is 24.7 Å². The number of carbonyl (C=O) groups excluding carboxylic acids is 1. The molecule has 1 aromatic carbocycles. The maximum Gasteiger partial charge on any atom is 0.418 e. The smallest absolute Gasteiger partial charge is 0.372 e. The molecule has 156 valence electrons. The van der Waals surface area contributed by atoms with Crippen LogP contribution in [0, 0.1) is 0 Å². The molecule has 1 N–H and O–H groups in total. The number of benzene rings is 1. The molecule has 29 heavy (non-hydrogen) atoms. The number of nitrogens with zero attached hydrogens (tertiary/aromatic N) is 3. The number of morpholine rings is 1. The van der Waals surface area contributed by atoms with Crippen LogP contribution in [0.3, 0.4) is 0 Å². The molecule has 0 radical (unpaired) electrons. The van der Waals surface area contributed by atoms with E-state index in [0.717, 1.165) is 23.6 Å². The molecule has 0 aliphatic carbocycles. The van der Waals surface area contributed by atoms with Crippen LogP contribution in [0.25, 0.3) is 0 Å². The Labute approximate surface area is 170 Å². The number of aromatic nitrogens is 2. The minimum atomic E-state index is -4.54. The second-order valence-electron chi connectivity index (χ2n) is 6.76. The molecule has 2 aromatic rings. The van der Waals surface area contributed by atoms with Gasteiger partial charge in [0.2, 0.25) is 5.91 Å². The molecule has 10 heteroatoms. The number of nitrogens with one attached hydrogen (secondary N) is 1. The summed E-state index contributed by atoms with van der Waals surface area (Å²) >= 11 is 1.14. The molecule has 1 aliphatic heterocycles. The van der Waals surface area contributed by atoms with Gasteiger partial charge in [-0.15, -0.1) is 0 Å². The van der Waals surface area contributed by atoms with Gasteiger partial charge in [-0.1, -0.05) is 23.9 Å². The summed E-state index contributed by atoms with van der Waals surface area (Å²) in [7, 11) is 0. The molecule has 0 bridgehead atoms. The second-order valence-corrected chi connectivity index (χ2v) is 7.75. The number of hydrogen-bond acceptors (Lipinski definition) is 6. The summed E-state index contributed by atoms with van der Waals surface area (Å²) in [5, 5.41) is 2.90. The number of carbonyl (C=O) groups is 1. The Balaban J connectivity index is 1.62. The van der Waals surface area contributed by atoms with E-state index in [0.29, 0.717) is 18.1 Å². The molecule has 0 spiro atoms. The zero-order valence-corrected chi connectivity index (χ0v) is 16.8. The van der Waals surface area contributed by atoms with Crippen molar-refractivity contribution in [3.63, 3.8) is 0 Å². The topological polar surface area (TPSA) is 67.4 Å². The fourth-order valence-electron chi connectivity index (χ4n) is 3.11. The van der Waals surface area contributed by atoms with E-state index in [1.165, 1.54) is 24.5 Å². The number of rotatable bonds is 5. The first-order valence-corrected chi connectivity index (χ1v) is 10.0. The molecular weight excluding hydrogens is 405 g/mol. The van der Waals surface area contributed by atoms with Crippen molar-refractivity contribution in [1.82, 2.24) is 9.97 Å². The first-order valence-electron chi connectivity index (χ1n) is 9.03. The molecule has 1 aliphatic rings. The number of amides is 1. The molecule has 1 fully saturated rings. The van der Waals surface area contributed by atoms with Gasteiger partial charge in [-0.25, -0.2) is 9.97 Å². The van der Waals surface area contributed by atoms with Crippen molar-refractivity contribution >= 4 is 29.2 Å². The van der Waals surface area contributed by atoms with Gasteiger partial charge in [-0.05, 0) is 26.0 Å². The summed E-state index contributed by atoms with van der Waals surface area (Å²) in [5.74, 6) is 0.117. The van der Waals surface area contributed by atoms with E-state index >= 15 is 0 Å². The van der Waals surface area contributed by atoms with Gasteiger partial charge in [0, 0.05) is 19.2 Å². The van der Waals surface area contributed by atoms with Crippen LogP contribution >= 0.6 is 11.8 Å². The van der Waals surface area contributed by atoms with Crippen LogP contribution in [0.15, 0.2) is 41.7 Å². The quantitative estimate of drug-likeness (QED) is 0.579. The highest BCUT2D eigenvalue weighted by Gasteiger charge is 2.33. The van der Waals surface area contributed by atoms with Crippen LogP contribution in [0.1, 0.15) is 19.4 Å². The van der Waals surface area contributed by atoms with Crippen molar-refractivity contribution in [3.05, 3.63) is 42.2 Å². The average Bonchev–Trinajstić information content (AvgIpc) is 2.65. The number of ether oxygens (including phenoxy) is 1. The molecule has 6 nitrogen and oxygen atoms in total. The summed E-state index contributed by atoms with van der Waals surface area (Å²) in [6.45, 7) is 5.37. The summed E-state index contributed by atoms with van der Waals surface area (Å²) in [6, 6.07) is 6.66. The third-order valence-electron chi connectivity index (χ3n) is 4.23. The van der Waals surface area contributed by atoms with Crippen LogP contribution in [-0.2, 0) is 15.7 Å². The highest BCUT2D eigenvalue weighted by molar-refractivity contribution is 7.99. The Bertz CT molecular complexity index is 855. The average molecular weight is 426 g/mol. The lowest BCUT2D eigenvalue weighted by Gasteiger charge is -2.36. The maximum atomic E-state index is 13.0. The Morgan fingerprint density at radius 3 is 2.62 bits per heavy atom. The molecule has 2 heterocycles. The van der Waals surface area contributed by atoms with E-state index in [1.54, 1.807) is 6.07 Å². The third-order valence-corrected chi connectivity index (χ3v) is 5.15. The van der Waals surface area contributed by atoms with Crippen molar-refractivity contribution < 1.29 is 22.7 Å².